The largest absolute Gasteiger partial charge is 0.492 e. The summed E-state index contributed by atoms with van der Waals surface area (Å²) >= 11 is 0. The van der Waals surface area contributed by atoms with Crippen LogP contribution in [0.15, 0.2) is 42.7 Å². The molecule has 1 saturated heterocycles. The fourth-order valence-corrected chi connectivity index (χ4v) is 3.68. The highest BCUT2D eigenvalue weighted by molar-refractivity contribution is 5.35. The Hall–Kier alpha value is -1.87. The fraction of sp³-hybridized carbons (Fsp3) is 0.500. The summed E-state index contributed by atoms with van der Waals surface area (Å²) in [6, 6.07) is 11.3. The first-order valence-electron chi connectivity index (χ1n) is 9.52. The molecule has 0 amide bonds. The van der Waals surface area contributed by atoms with Crippen molar-refractivity contribution in [1.82, 2.24) is 9.88 Å². The summed E-state index contributed by atoms with van der Waals surface area (Å²) in [5.74, 6) is 1.53. The van der Waals surface area contributed by atoms with Gasteiger partial charge in [-0.1, -0.05) is 32.4 Å². The molecule has 3 rings (SSSR count). The van der Waals surface area contributed by atoms with Gasteiger partial charge in [0.15, 0.2) is 0 Å². The Kier molecular flexibility index (Phi) is 6.09. The van der Waals surface area contributed by atoms with Crippen LogP contribution in [0.1, 0.15) is 61.8 Å². The van der Waals surface area contributed by atoms with Gasteiger partial charge in [-0.3, -0.25) is 9.88 Å². The molecule has 0 radical (unpaired) electrons. The maximum atomic E-state index is 6.11. The van der Waals surface area contributed by atoms with E-state index in [1.165, 1.54) is 36.0 Å². The van der Waals surface area contributed by atoms with Gasteiger partial charge in [0.1, 0.15) is 12.4 Å². The molecule has 0 saturated carbocycles. The molecule has 1 aliphatic rings. The number of likely N-dealkylation sites (tertiary alicyclic amines) is 1. The Morgan fingerprint density at radius 1 is 1.24 bits per heavy atom. The van der Waals surface area contributed by atoms with Crippen molar-refractivity contribution in [2.75, 3.05) is 19.7 Å². The van der Waals surface area contributed by atoms with E-state index >= 15 is 0 Å². The zero-order chi connectivity index (χ0) is 17.6. The molecular formula is C22H30N2O. The van der Waals surface area contributed by atoms with Crippen molar-refractivity contribution in [3.63, 3.8) is 0 Å². The molecule has 25 heavy (non-hydrogen) atoms. The van der Waals surface area contributed by atoms with Crippen LogP contribution in [0.4, 0.5) is 0 Å². The molecule has 0 spiro atoms. The molecular weight excluding hydrogens is 308 g/mol. The van der Waals surface area contributed by atoms with Gasteiger partial charge in [0, 0.05) is 25.0 Å². The summed E-state index contributed by atoms with van der Waals surface area (Å²) < 4.78 is 6.11. The van der Waals surface area contributed by atoms with Crippen LogP contribution in [0.25, 0.3) is 0 Å². The number of aryl methyl sites for hydroxylation is 1. The number of ether oxygens (including phenoxy) is 1. The van der Waals surface area contributed by atoms with E-state index < -0.39 is 0 Å². The number of nitrogens with zero attached hydrogens (tertiary/aromatic N) is 2. The summed E-state index contributed by atoms with van der Waals surface area (Å²) in [7, 11) is 0. The van der Waals surface area contributed by atoms with Crippen LogP contribution in [-0.2, 0) is 0 Å². The summed E-state index contributed by atoms with van der Waals surface area (Å²) in [4.78, 5) is 6.86. The fourth-order valence-electron chi connectivity index (χ4n) is 3.68. The van der Waals surface area contributed by atoms with Crippen molar-refractivity contribution in [3.05, 3.63) is 59.4 Å². The number of benzene rings is 1. The number of hydrogen-bond acceptors (Lipinski definition) is 3. The Morgan fingerprint density at radius 2 is 2.12 bits per heavy atom. The predicted octanol–water partition coefficient (Wildman–Crippen LogP) is 5.12. The number of aromatic nitrogens is 1. The Morgan fingerprint density at radius 3 is 2.88 bits per heavy atom. The third kappa shape index (κ3) is 4.82. The molecule has 1 aromatic carbocycles. The van der Waals surface area contributed by atoms with Gasteiger partial charge in [-0.25, -0.2) is 0 Å². The molecule has 0 unspecified atom stereocenters. The van der Waals surface area contributed by atoms with E-state index in [1.54, 1.807) is 0 Å². The lowest BCUT2D eigenvalue weighted by molar-refractivity contribution is 0.123. The molecule has 1 fully saturated rings. The van der Waals surface area contributed by atoms with Gasteiger partial charge in [0.05, 0.1) is 0 Å². The lowest BCUT2D eigenvalue weighted by atomic mass is 9.96. The van der Waals surface area contributed by atoms with E-state index in [0.717, 1.165) is 25.4 Å². The summed E-state index contributed by atoms with van der Waals surface area (Å²) in [5.41, 5.74) is 3.95. The molecule has 2 aromatic rings. The van der Waals surface area contributed by atoms with Crippen LogP contribution < -0.4 is 4.74 Å². The van der Waals surface area contributed by atoms with Gasteiger partial charge >= 0.3 is 0 Å². The molecule has 0 N–H and O–H groups in total. The lowest BCUT2D eigenvalue weighted by Gasteiger charge is -2.35. The van der Waals surface area contributed by atoms with Crippen LogP contribution in [-0.4, -0.2) is 29.6 Å². The third-order valence-electron chi connectivity index (χ3n) is 5.07. The van der Waals surface area contributed by atoms with E-state index in [0.29, 0.717) is 12.0 Å². The second-order valence-electron chi connectivity index (χ2n) is 7.42. The standard InChI is InChI=1S/C22H30N2O/c1-17(2)20-13-18(3)14-21(15-20)25-12-11-24-10-5-4-8-22(24)19-7-6-9-23-16-19/h6-7,9,13-17,22H,4-5,8,10-12H2,1-3H3/t22-/m1/s1. The molecule has 1 aromatic heterocycles. The van der Waals surface area contributed by atoms with Gasteiger partial charge in [-0.2, -0.15) is 0 Å². The number of pyridine rings is 1. The third-order valence-corrected chi connectivity index (χ3v) is 5.07. The molecule has 1 aliphatic heterocycles. The van der Waals surface area contributed by atoms with E-state index in [2.05, 4.69) is 54.9 Å². The van der Waals surface area contributed by atoms with Crippen LogP contribution >= 0.6 is 0 Å². The van der Waals surface area contributed by atoms with Crippen LogP contribution in [0.2, 0.25) is 0 Å². The van der Waals surface area contributed by atoms with Crippen LogP contribution in [0.5, 0.6) is 5.75 Å². The first-order chi connectivity index (χ1) is 12.1. The second-order valence-corrected chi connectivity index (χ2v) is 7.42. The van der Waals surface area contributed by atoms with Crippen molar-refractivity contribution >= 4 is 0 Å². The first-order valence-corrected chi connectivity index (χ1v) is 9.52. The van der Waals surface area contributed by atoms with E-state index in [4.69, 9.17) is 4.74 Å². The normalized spacial score (nSPS) is 18.5. The smallest absolute Gasteiger partial charge is 0.119 e. The predicted molar refractivity (Wildman–Crippen MR) is 103 cm³/mol. The number of rotatable bonds is 6. The molecule has 2 heterocycles. The van der Waals surface area contributed by atoms with Gasteiger partial charge < -0.3 is 4.74 Å². The van der Waals surface area contributed by atoms with Crippen molar-refractivity contribution in [1.29, 1.82) is 0 Å². The van der Waals surface area contributed by atoms with Crippen molar-refractivity contribution in [2.24, 2.45) is 0 Å². The van der Waals surface area contributed by atoms with Crippen LogP contribution in [0.3, 0.4) is 0 Å². The van der Waals surface area contributed by atoms with Crippen molar-refractivity contribution in [3.8, 4) is 5.75 Å². The number of hydrogen-bond donors (Lipinski definition) is 0. The minimum atomic E-state index is 0.481. The maximum Gasteiger partial charge on any atom is 0.119 e. The average molecular weight is 338 g/mol. The highest BCUT2D eigenvalue weighted by Crippen LogP contribution is 2.30. The van der Waals surface area contributed by atoms with Crippen molar-refractivity contribution < 1.29 is 4.74 Å². The van der Waals surface area contributed by atoms with E-state index in [9.17, 15) is 0 Å². The van der Waals surface area contributed by atoms with E-state index in [1.807, 2.05) is 18.5 Å². The van der Waals surface area contributed by atoms with Crippen LogP contribution in [0, 0.1) is 6.92 Å². The van der Waals surface area contributed by atoms with Gasteiger partial charge in [0.25, 0.3) is 0 Å². The van der Waals surface area contributed by atoms with Gasteiger partial charge in [-0.05, 0) is 67.1 Å². The minimum absolute atomic E-state index is 0.481. The summed E-state index contributed by atoms with van der Waals surface area (Å²) in [6.45, 7) is 9.44. The molecule has 0 aliphatic carbocycles. The SMILES string of the molecule is Cc1cc(OCCN2CCCC[C@@H]2c2cccnc2)cc(C(C)C)c1. The Balaban J connectivity index is 1.60. The highest BCUT2D eigenvalue weighted by Gasteiger charge is 2.23. The minimum Gasteiger partial charge on any atom is -0.492 e. The maximum absolute atomic E-state index is 6.11. The molecule has 1 atom stereocenters. The second kappa shape index (κ2) is 8.48. The summed E-state index contributed by atoms with van der Waals surface area (Å²) in [5, 5.41) is 0. The molecule has 0 bridgehead atoms. The lowest BCUT2D eigenvalue weighted by Crippen LogP contribution is -2.36. The quantitative estimate of drug-likeness (QED) is 0.731. The van der Waals surface area contributed by atoms with E-state index in [-0.39, 0.29) is 0 Å². The monoisotopic (exact) mass is 338 g/mol. The van der Waals surface area contributed by atoms with Gasteiger partial charge in [-0.15, -0.1) is 0 Å². The summed E-state index contributed by atoms with van der Waals surface area (Å²) in [6.07, 6.45) is 7.65. The molecule has 3 heteroatoms. The zero-order valence-corrected chi connectivity index (χ0v) is 15.7. The molecule has 134 valence electrons. The molecule has 3 nitrogen and oxygen atoms in total. The topological polar surface area (TPSA) is 25.4 Å². The Bertz CT molecular complexity index is 669. The van der Waals surface area contributed by atoms with Gasteiger partial charge in [0.2, 0.25) is 0 Å². The number of piperidine rings is 1. The Labute approximate surface area is 152 Å². The average Bonchev–Trinajstić information content (AvgIpc) is 2.62. The first kappa shape index (κ1) is 17.9. The highest BCUT2D eigenvalue weighted by atomic mass is 16.5. The zero-order valence-electron chi connectivity index (χ0n) is 15.7. The van der Waals surface area contributed by atoms with Crippen molar-refractivity contribution in [2.45, 2.75) is 52.0 Å².